The molecule has 1 amide bonds. The van der Waals surface area contributed by atoms with Crippen LogP contribution in [-0.4, -0.2) is 34.3 Å². The minimum absolute atomic E-state index is 0.00632. The summed E-state index contributed by atoms with van der Waals surface area (Å²) in [6, 6.07) is 5.77. The number of rotatable bonds is 4. The molecule has 0 saturated carbocycles. The molecule has 0 unspecified atom stereocenters. The van der Waals surface area contributed by atoms with Crippen LogP contribution in [0.25, 0.3) is 11.3 Å². The second-order valence-electron chi connectivity index (χ2n) is 5.41. The average Bonchev–Trinajstić information content (AvgIpc) is 3.09. The average molecular weight is 317 g/mol. The van der Waals surface area contributed by atoms with Gasteiger partial charge in [0, 0.05) is 25.2 Å². The van der Waals surface area contributed by atoms with E-state index in [9.17, 15) is 14.0 Å². The molecule has 1 N–H and O–H groups in total. The molecule has 0 aliphatic carbocycles. The third kappa shape index (κ3) is 3.23. The molecule has 1 aromatic carbocycles. The van der Waals surface area contributed by atoms with Crippen LogP contribution < -0.4 is 5.32 Å². The van der Waals surface area contributed by atoms with Gasteiger partial charge in [-0.3, -0.25) is 9.48 Å². The van der Waals surface area contributed by atoms with Crippen LogP contribution in [-0.2, 0) is 27.8 Å². The maximum atomic E-state index is 14.3. The first-order valence-corrected chi connectivity index (χ1v) is 7.27. The van der Waals surface area contributed by atoms with Gasteiger partial charge in [0.1, 0.15) is 11.9 Å². The molecule has 1 aliphatic heterocycles. The second-order valence-corrected chi connectivity index (χ2v) is 5.41. The number of nitrogens with zero attached hydrogens (tertiary/aromatic N) is 2. The van der Waals surface area contributed by atoms with E-state index in [0.29, 0.717) is 29.8 Å². The topological polar surface area (TPSA) is 73.2 Å². The van der Waals surface area contributed by atoms with Crippen molar-refractivity contribution in [1.29, 1.82) is 0 Å². The molecule has 0 bridgehead atoms. The Bertz CT molecular complexity index is 757. The molecular formula is C16H16FN3O3. The van der Waals surface area contributed by atoms with E-state index in [-0.39, 0.29) is 12.3 Å². The predicted octanol–water partition coefficient (Wildman–Crippen LogP) is 1.20. The number of amides is 1. The van der Waals surface area contributed by atoms with Gasteiger partial charge in [-0.15, -0.1) is 0 Å². The molecule has 1 atom stereocenters. The molecule has 1 aromatic heterocycles. The van der Waals surface area contributed by atoms with Gasteiger partial charge in [0.15, 0.2) is 0 Å². The van der Waals surface area contributed by atoms with E-state index in [1.54, 1.807) is 36.1 Å². The van der Waals surface area contributed by atoms with Crippen molar-refractivity contribution in [2.45, 2.75) is 18.9 Å². The van der Waals surface area contributed by atoms with Gasteiger partial charge in [-0.25, -0.2) is 9.18 Å². The van der Waals surface area contributed by atoms with Gasteiger partial charge in [0.25, 0.3) is 0 Å². The number of halogens is 1. The quantitative estimate of drug-likeness (QED) is 0.860. The smallest absolute Gasteiger partial charge is 0.328 e. The summed E-state index contributed by atoms with van der Waals surface area (Å²) in [6.07, 6.45) is 2.07. The molecule has 2 heterocycles. The van der Waals surface area contributed by atoms with Crippen molar-refractivity contribution in [3.63, 3.8) is 0 Å². The highest BCUT2D eigenvalue weighted by atomic mass is 19.1. The van der Waals surface area contributed by atoms with Crippen LogP contribution in [0.3, 0.4) is 0 Å². The number of aromatic nitrogens is 2. The lowest BCUT2D eigenvalue weighted by Gasteiger charge is -2.10. The van der Waals surface area contributed by atoms with Crippen molar-refractivity contribution < 1.29 is 18.7 Å². The maximum Gasteiger partial charge on any atom is 0.328 e. The predicted molar refractivity (Wildman–Crippen MR) is 79.8 cm³/mol. The van der Waals surface area contributed by atoms with Crippen LogP contribution in [0, 0.1) is 5.82 Å². The van der Waals surface area contributed by atoms with Gasteiger partial charge >= 0.3 is 5.97 Å². The summed E-state index contributed by atoms with van der Waals surface area (Å²) in [6.45, 7) is 0.317. The zero-order chi connectivity index (χ0) is 16.4. The fraction of sp³-hybridized carbons (Fsp3) is 0.312. The molecule has 23 heavy (non-hydrogen) atoms. The zero-order valence-corrected chi connectivity index (χ0v) is 12.6. The van der Waals surface area contributed by atoms with Crippen molar-refractivity contribution in [1.82, 2.24) is 15.1 Å². The van der Waals surface area contributed by atoms with Crippen molar-refractivity contribution >= 4 is 11.9 Å². The first kappa shape index (κ1) is 15.2. The van der Waals surface area contributed by atoms with Crippen molar-refractivity contribution in [2.24, 2.45) is 7.05 Å². The van der Waals surface area contributed by atoms with Crippen LogP contribution in [0.1, 0.15) is 12.0 Å². The first-order chi connectivity index (χ1) is 11.0. The fourth-order valence-electron chi connectivity index (χ4n) is 2.57. The highest BCUT2D eigenvalue weighted by Crippen LogP contribution is 2.23. The zero-order valence-electron chi connectivity index (χ0n) is 12.6. The van der Waals surface area contributed by atoms with E-state index in [0.717, 1.165) is 0 Å². The van der Waals surface area contributed by atoms with E-state index >= 15 is 0 Å². The molecule has 3 rings (SSSR count). The number of hydrogen-bond donors (Lipinski definition) is 1. The van der Waals surface area contributed by atoms with E-state index in [4.69, 9.17) is 4.74 Å². The normalized spacial score (nSPS) is 17.1. The molecule has 1 fully saturated rings. The summed E-state index contributed by atoms with van der Waals surface area (Å²) < 4.78 is 20.6. The Morgan fingerprint density at radius 3 is 2.91 bits per heavy atom. The molecule has 2 aromatic rings. The summed E-state index contributed by atoms with van der Waals surface area (Å²) in [5.41, 5.74) is 1.62. The number of ether oxygens (including phenoxy) is 1. The van der Waals surface area contributed by atoms with E-state index < -0.39 is 17.8 Å². The number of esters is 1. The van der Waals surface area contributed by atoms with Gasteiger partial charge in [-0.1, -0.05) is 6.07 Å². The van der Waals surface area contributed by atoms with Crippen molar-refractivity contribution in [2.75, 3.05) is 6.61 Å². The lowest BCUT2D eigenvalue weighted by Crippen LogP contribution is -2.38. The Labute approximate surface area is 132 Å². The Kier molecular flexibility index (Phi) is 4.10. The number of carbonyl (C=O) groups is 2. The van der Waals surface area contributed by atoms with E-state index in [1.807, 2.05) is 0 Å². The van der Waals surface area contributed by atoms with Gasteiger partial charge in [0.05, 0.1) is 18.7 Å². The van der Waals surface area contributed by atoms with E-state index in [2.05, 4.69) is 10.4 Å². The van der Waals surface area contributed by atoms with Crippen LogP contribution >= 0.6 is 0 Å². The van der Waals surface area contributed by atoms with Crippen LogP contribution in [0.5, 0.6) is 0 Å². The monoisotopic (exact) mass is 317 g/mol. The molecule has 7 heteroatoms. The van der Waals surface area contributed by atoms with Crippen LogP contribution in [0.4, 0.5) is 4.39 Å². The number of benzene rings is 1. The third-order valence-electron chi connectivity index (χ3n) is 3.77. The van der Waals surface area contributed by atoms with Gasteiger partial charge in [-0.2, -0.15) is 5.10 Å². The summed E-state index contributed by atoms with van der Waals surface area (Å²) in [7, 11) is 1.73. The maximum absolute atomic E-state index is 14.3. The molecule has 1 aliphatic rings. The summed E-state index contributed by atoms with van der Waals surface area (Å²) >= 11 is 0. The Hall–Kier alpha value is -2.70. The first-order valence-electron chi connectivity index (χ1n) is 7.27. The molecule has 0 radical (unpaired) electrons. The fourth-order valence-corrected chi connectivity index (χ4v) is 2.57. The Balaban J connectivity index is 1.69. The third-order valence-corrected chi connectivity index (χ3v) is 3.77. The Morgan fingerprint density at radius 1 is 1.48 bits per heavy atom. The standard InChI is InChI=1S/C16H16FN3O3/c1-20-14(4-6-18-20)11-3-2-10(8-12(11)17)9-15(21)19-13-5-7-23-16(13)22/h2-4,6,8,13H,5,7,9H2,1H3,(H,19,21)/t13-/m1/s1. The summed E-state index contributed by atoms with van der Waals surface area (Å²) in [5.74, 6) is -1.17. The largest absolute Gasteiger partial charge is 0.464 e. The minimum atomic E-state index is -0.596. The minimum Gasteiger partial charge on any atom is -0.464 e. The van der Waals surface area contributed by atoms with Gasteiger partial charge in [0.2, 0.25) is 5.91 Å². The highest BCUT2D eigenvalue weighted by Gasteiger charge is 2.27. The number of aryl methyl sites for hydroxylation is 1. The molecule has 120 valence electrons. The number of hydrogen-bond acceptors (Lipinski definition) is 4. The molecule has 6 nitrogen and oxygen atoms in total. The SMILES string of the molecule is Cn1nccc1-c1ccc(CC(=O)N[C@@H]2CCOC2=O)cc1F. The van der Waals surface area contributed by atoms with Crippen LogP contribution in [0.15, 0.2) is 30.5 Å². The van der Waals surface area contributed by atoms with Gasteiger partial charge in [-0.05, 0) is 23.8 Å². The lowest BCUT2D eigenvalue weighted by molar-refractivity contribution is -0.141. The summed E-state index contributed by atoms with van der Waals surface area (Å²) in [5, 5.41) is 6.61. The van der Waals surface area contributed by atoms with Gasteiger partial charge < -0.3 is 10.1 Å². The summed E-state index contributed by atoms with van der Waals surface area (Å²) in [4.78, 5) is 23.3. The highest BCUT2D eigenvalue weighted by molar-refractivity contribution is 5.86. The number of carbonyl (C=O) groups excluding carboxylic acids is 2. The Morgan fingerprint density at radius 2 is 2.30 bits per heavy atom. The van der Waals surface area contributed by atoms with Crippen molar-refractivity contribution in [3.05, 3.63) is 41.8 Å². The van der Waals surface area contributed by atoms with Crippen molar-refractivity contribution in [3.8, 4) is 11.3 Å². The second kappa shape index (κ2) is 6.20. The van der Waals surface area contributed by atoms with Crippen LogP contribution in [0.2, 0.25) is 0 Å². The number of cyclic esters (lactones) is 1. The molecule has 0 spiro atoms. The molecule has 1 saturated heterocycles. The van der Waals surface area contributed by atoms with E-state index in [1.165, 1.54) is 6.07 Å². The molecular weight excluding hydrogens is 301 g/mol. The number of nitrogens with one attached hydrogen (secondary N) is 1. The lowest BCUT2D eigenvalue weighted by atomic mass is 10.1.